The first kappa shape index (κ1) is 42.5. The number of carboxylic acids is 1. The number of halogens is 1. The van der Waals surface area contributed by atoms with Crippen LogP contribution in [0.5, 0.6) is 0 Å². The third kappa shape index (κ3) is 17.0. The van der Waals surface area contributed by atoms with Crippen molar-refractivity contribution in [3.8, 4) is 0 Å². The van der Waals surface area contributed by atoms with E-state index in [-0.39, 0.29) is 70.0 Å². The number of carbonyl (C=O) groups excluding carboxylic acids is 5. The maximum Gasteiger partial charge on any atom is 0.326 e. The summed E-state index contributed by atoms with van der Waals surface area (Å²) in [5, 5.41) is 28.9. The smallest absolute Gasteiger partial charge is 0.326 e. The SMILES string of the molecule is NC(=O)CC[C@H](N)C(=O)N[C@@H](CCCN=C(N)N)C(=O)N[C@@H](Cc1ccc(F)cc1)C(=O)N[C@@H](CO)C(=O)N[C@@H](CCCN=C(N)N)C(=O)O. The minimum absolute atomic E-state index is 0.0385. The van der Waals surface area contributed by atoms with Gasteiger partial charge in [0.1, 0.15) is 30.0 Å². The van der Waals surface area contributed by atoms with E-state index in [1.807, 2.05) is 0 Å². The fourth-order valence-corrected chi connectivity index (χ4v) is 4.32. The molecule has 0 aliphatic heterocycles. The summed E-state index contributed by atoms with van der Waals surface area (Å²) < 4.78 is 13.6. The lowest BCUT2D eigenvalue weighted by molar-refractivity contribution is -0.142. The first-order valence-corrected chi connectivity index (χ1v) is 15.5. The number of nitrogens with one attached hydrogen (secondary N) is 4. The van der Waals surface area contributed by atoms with Gasteiger partial charge in [0, 0.05) is 25.9 Å². The highest BCUT2D eigenvalue weighted by molar-refractivity contribution is 5.95. The lowest BCUT2D eigenvalue weighted by atomic mass is 10.0. The van der Waals surface area contributed by atoms with Crippen LogP contribution in [0.1, 0.15) is 44.1 Å². The molecule has 50 heavy (non-hydrogen) atoms. The minimum Gasteiger partial charge on any atom is -0.480 e. The number of rotatable bonds is 23. The van der Waals surface area contributed by atoms with Gasteiger partial charge in [-0.1, -0.05) is 12.1 Å². The highest BCUT2D eigenvalue weighted by Crippen LogP contribution is 2.09. The fraction of sp³-hybridized carbons (Fsp3) is 0.517. The Kier molecular flexibility index (Phi) is 18.8. The van der Waals surface area contributed by atoms with Gasteiger partial charge in [-0.3, -0.25) is 34.0 Å². The summed E-state index contributed by atoms with van der Waals surface area (Å²) in [4.78, 5) is 83.2. The van der Waals surface area contributed by atoms with E-state index in [0.29, 0.717) is 5.56 Å². The van der Waals surface area contributed by atoms with Crippen LogP contribution in [0.25, 0.3) is 0 Å². The lowest BCUT2D eigenvalue weighted by Crippen LogP contribution is -2.59. The van der Waals surface area contributed by atoms with Gasteiger partial charge in [-0.2, -0.15) is 0 Å². The van der Waals surface area contributed by atoms with Crippen LogP contribution in [0.4, 0.5) is 4.39 Å². The third-order valence-electron chi connectivity index (χ3n) is 6.98. The number of aliphatic imine (C=N–C) groups is 2. The largest absolute Gasteiger partial charge is 0.480 e. The maximum atomic E-state index is 13.6. The van der Waals surface area contributed by atoms with Gasteiger partial charge in [0.2, 0.25) is 29.5 Å². The molecule has 21 heteroatoms. The van der Waals surface area contributed by atoms with Crippen LogP contribution < -0.4 is 55.7 Å². The number of amides is 5. The van der Waals surface area contributed by atoms with Crippen LogP contribution in [0.3, 0.4) is 0 Å². The van der Waals surface area contributed by atoms with Crippen LogP contribution >= 0.6 is 0 Å². The van der Waals surface area contributed by atoms with Gasteiger partial charge < -0.3 is 65.9 Å². The van der Waals surface area contributed by atoms with E-state index in [2.05, 4.69) is 31.3 Å². The number of benzene rings is 1. The molecule has 0 aliphatic carbocycles. The Morgan fingerprint density at radius 3 is 1.64 bits per heavy atom. The normalized spacial score (nSPS) is 13.7. The number of primary amides is 1. The van der Waals surface area contributed by atoms with Crippen molar-refractivity contribution in [1.82, 2.24) is 21.3 Å². The van der Waals surface area contributed by atoms with E-state index in [9.17, 15) is 43.4 Å². The number of aliphatic hydroxyl groups is 1. The number of carbonyl (C=O) groups is 6. The van der Waals surface area contributed by atoms with E-state index < -0.39 is 78.1 Å². The molecule has 5 atom stereocenters. The minimum atomic E-state index is -1.66. The average Bonchev–Trinajstić information content (AvgIpc) is 3.04. The van der Waals surface area contributed by atoms with Crippen LogP contribution in [-0.4, -0.2) is 108 Å². The molecular formula is C29H47FN12O8. The van der Waals surface area contributed by atoms with Gasteiger partial charge in [0.05, 0.1) is 12.6 Å². The fourth-order valence-electron chi connectivity index (χ4n) is 4.32. The topological polar surface area (TPSA) is 372 Å². The summed E-state index contributed by atoms with van der Waals surface area (Å²) in [6, 6.07) is -2.11. The molecule has 0 saturated carbocycles. The Labute approximate surface area is 287 Å². The van der Waals surface area contributed by atoms with Crippen molar-refractivity contribution >= 4 is 47.4 Å². The van der Waals surface area contributed by atoms with Gasteiger partial charge in [0.15, 0.2) is 11.9 Å². The number of carboxylic acid groups (broad SMARTS) is 1. The second-order valence-electron chi connectivity index (χ2n) is 11.1. The number of hydrogen-bond donors (Lipinski definition) is 12. The van der Waals surface area contributed by atoms with Crippen LogP contribution in [0, 0.1) is 5.82 Å². The van der Waals surface area contributed by atoms with E-state index in [1.54, 1.807) is 0 Å². The Bertz CT molecular complexity index is 1370. The average molecular weight is 711 g/mol. The van der Waals surface area contributed by atoms with E-state index in [1.165, 1.54) is 12.1 Å². The number of aliphatic carboxylic acids is 1. The molecule has 0 saturated heterocycles. The summed E-state index contributed by atoms with van der Waals surface area (Å²) in [5.41, 5.74) is 32.6. The predicted molar refractivity (Wildman–Crippen MR) is 179 cm³/mol. The van der Waals surface area contributed by atoms with Crippen molar-refractivity contribution in [2.45, 2.75) is 75.2 Å². The summed E-state index contributed by atoms with van der Waals surface area (Å²) in [6.45, 7) is -0.794. The number of nitrogens with zero attached hydrogens (tertiary/aromatic N) is 2. The van der Waals surface area contributed by atoms with Gasteiger partial charge in [-0.15, -0.1) is 0 Å². The molecule has 5 amide bonds. The van der Waals surface area contributed by atoms with Crippen molar-refractivity contribution in [3.63, 3.8) is 0 Å². The zero-order chi connectivity index (χ0) is 37.8. The Morgan fingerprint density at radius 1 is 0.680 bits per heavy atom. The first-order chi connectivity index (χ1) is 23.5. The molecule has 1 rings (SSSR count). The highest BCUT2D eigenvalue weighted by atomic mass is 19.1. The maximum absolute atomic E-state index is 13.6. The van der Waals surface area contributed by atoms with E-state index in [0.717, 1.165) is 12.1 Å². The second-order valence-corrected chi connectivity index (χ2v) is 11.1. The summed E-state index contributed by atoms with van der Waals surface area (Å²) >= 11 is 0. The van der Waals surface area contributed by atoms with Crippen molar-refractivity contribution in [1.29, 1.82) is 0 Å². The molecule has 18 N–H and O–H groups in total. The van der Waals surface area contributed by atoms with Crippen molar-refractivity contribution in [3.05, 3.63) is 35.6 Å². The molecule has 0 spiro atoms. The molecular weight excluding hydrogens is 663 g/mol. The molecule has 0 aliphatic rings. The van der Waals surface area contributed by atoms with Gasteiger partial charge in [-0.05, 0) is 49.8 Å². The third-order valence-corrected chi connectivity index (χ3v) is 6.98. The van der Waals surface area contributed by atoms with Crippen molar-refractivity contribution in [2.75, 3.05) is 19.7 Å². The summed E-state index contributed by atoms with van der Waals surface area (Å²) in [6.07, 6.45) is -0.308. The molecule has 0 aromatic heterocycles. The van der Waals surface area contributed by atoms with E-state index >= 15 is 0 Å². The van der Waals surface area contributed by atoms with Gasteiger partial charge in [0.25, 0.3) is 0 Å². The Hall–Kier alpha value is -5.57. The zero-order valence-corrected chi connectivity index (χ0v) is 27.3. The van der Waals surface area contributed by atoms with Crippen LogP contribution in [0.2, 0.25) is 0 Å². The molecule has 0 unspecified atom stereocenters. The predicted octanol–water partition coefficient (Wildman–Crippen LogP) is -4.92. The van der Waals surface area contributed by atoms with E-state index in [4.69, 9.17) is 34.4 Å². The lowest BCUT2D eigenvalue weighted by Gasteiger charge is -2.26. The monoisotopic (exact) mass is 710 g/mol. The summed E-state index contributed by atoms with van der Waals surface area (Å²) in [5.74, 6) is -6.76. The number of guanidine groups is 2. The molecule has 0 fully saturated rings. The van der Waals surface area contributed by atoms with Crippen molar-refractivity contribution in [2.24, 2.45) is 44.4 Å². The van der Waals surface area contributed by atoms with Gasteiger partial charge >= 0.3 is 5.97 Å². The molecule has 0 radical (unpaired) electrons. The zero-order valence-electron chi connectivity index (χ0n) is 27.3. The molecule has 278 valence electrons. The van der Waals surface area contributed by atoms with Crippen LogP contribution in [-0.2, 0) is 35.2 Å². The van der Waals surface area contributed by atoms with Crippen LogP contribution in [0.15, 0.2) is 34.3 Å². The standard InChI is InChI=1S/C29H47FN12O8/c30-16-7-5-15(6-8-16)13-20(25(47)42-21(14-43)26(48)40-19(27(49)50)4-2-12-38-29(35)36)41-24(46)18(3-1-11-37-28(33)34)39-23(45)17(31)9-10-22(32)44/h5-8,17-21,43H,1-4,9-14,31H2,(H2,32,44)(H,39,45)(H,40,48)(H,41,46)(H,42,47)(H,49,50)(H4,33,34,37)(H4,35,36,38)/t17-,18-,19-,20-,21-/m0/s1. The highest BCUT2D eigenvalue weighted by Gasteiger charge is 2.32. The first-order valence-electron chi connectivity index (χ1n) is 15.5. The number of nitrogens with two attached hydrogens (primary N) is 6. The molecule has 1 aromatic rings. The number of hydrogen-bond acceptors (Lipinski definition) is 10. The molecule has 1 aromatic carbocycles. The molecule has 20 nitrogen and oxygen atoms in total. The van der Waals surface area contributed by atoms with Crippen molar-refractivity contribution < 1.29 is 43.4 Å². The van der Waals surface area contributed by atoms with Gasteiger partial charge in [-0.25, -0.2) is 9.18 Å². The Balaban J connectivity index is 3.23. The summed E-state index contributed by atoms with van der Waals surface area (Å²) in [7, 11) is 0. The second kappa shape index (κ2) is 22.1. The number of aliphatic hydroxyl groups excluding tert-OH is 1. The molecule has 0 heterocycles. The quantitative estimate of drug-likeness (QED) is 0.0288. The Morgan fingerprint density at radius 2 is 1.14 bits per heavy atom. The molecule has 0 bridgehead atoms.